The van der Waals surface area contributed by atoms with Gasteiger partial charge in [-0.15, -0.1) is 10.2 Å². The lowest BCUT2D eigenvalue weighted by molar-refractivity contribution is -0.118. The van der Waals surface area contributed by atoms with Crippen LogP contribution in [0, 0.1) is 0 Å². The number of hydrogen-bond acceptors (Lipinski definition) is 4. The lowest BCUT2D eigenvalue weighted by Gasteiger charge is -1.92. The van der Waals surface area contributed by atoms with Crippen molar-refractivity contribution in [2.75, 3.05) is 6.61 Å². The van der Waals surface area contributed by atoms with Crippen molar-refractivity contribution in [2.45, 2.75) is 12.8 Å². The maximum atomic E-state index is 11.3. The van der Waals surface area contributed by atoms with Crippen LogP contribution in [-0.4, -0.2) is 27.7 Å². The summed E-state index contributed by atoms with van der Waals surface area (Å²) in [6, 6.07) is 7.20. The Morgan fingerprint density at radius 2 is 2.11 bits per heavy atom. The molecule has 94 valence electrons. The summed E-state index contributed by atoms with van der Waals surface area (Å²) < 4.78 is 0. The predicted octanol–water partition coefficient (Wildman–Crippen LogP) is 2.26. The molecule has 0 unspecified atom stereocenters. The highest BCUT2D eigenvalue weighted by atomic mass is 16.3. The van der Waals surface area contributed by atoms with Crippen LogP contribution in [0.1, 0.15) is 12.8 Å². The number of carbonyl (C=O) groups is 1. The van der Waals surface area contributed by atoms with Crippen LogP contribution in [0.15, 0.2) is 34.5 Å². The standard InChI is InChI=1S/C12H13N3O3/c16-7-3-6-10(17)14-15-11-8-4-1-2-5-9(8)13-12(11)18/h1-2,4-5,13,16,18H,3,6-7H2. The maximum Gasteiger partial charge on any atom is 0.264 e. The summed E-state index contributed by atoms with van der Waals surface area (Å²) in [6.45, 7) is -0.0560. The Morgan fingerprint density at radius 1 is 1.33 bits per heavy atom. The minimum absolute atomic E-state index is 0.0560. The van der Waals surface area contributed by atoms with E-state index < -0.39 is 5.91 Å². The third-order valence-electron chi connectivity index (χ3n) is 2.47. The normalized spacial score (nSPS) is 11.4. The molecule has 1 aromatic carbocycles. The Kier molecular flexibility index (Phi) is 3.69. The second kappa shape index (κ2) is 5.42. The number of azo groups is 1. The summed E-state index contributed by atoms with van der Waals surface area (Å²) in [7, 11) is 0. The van der Waals surface area contributed by atoms with Crippen LogP contribution < -0.4 is 0 Å². The SMILES string of the molecule is O=C(CCCO)N=Nc1c(O)[nH]c2ccccc12. The Labute approximate surface area is 103 Å². The van der Waals surface area contributed by atoms with Gasteiger partial charge in [0.15, 0.2) is 5.69 Å². The number of rotatable bonds is 4. The van der Waals surface area contributed by atoms with E-state index in [9.17, 15) is 9.90 Å². The van der Waals surface area contributed by atoms with E-state index in [2.05, 4.69) is 15.2 Å². The number of amides is 1. The molecule has 1 amide bonds. The number of benzene rings is 1. The molecule has 18 heavy (non-hydrogen) atoms. The van der Waals surface area contributed by atoms with E-state index >= 15 is 0 Å². The van der Waals surface area contributed by atoms with Gasteiger partial charge in [0, 0.05) is 18.4 Å². The van der Waals surface area contributed by atoms with E-state index in [1.165, 1.54) is 0 Å². The predicted molar refractivity (Wildman–Crippen MR) is 65.8 cm³/mol. The van der Waals surface area contributed by atoms with Gasteiger partial charge in [0.25, 0.3) is 5.91 Å². The zero-order valence-electron chi connectivity index (χ0n) is 9.63. The third-order valence-corrected chi connectivity index (χ3v) is 2.47. The van der Waals surface area contributed by atoms with E-state index in [-0.39, 0.29) is 24.6 Å². The highest BCUT2D eigenvalue weighted by molar-refractivity contribution is 5.94. The van der Waals surface area contributed by atoms with Crippen LogP contribution in [0.25, 0.3) is 10.9 Å². The van der Waals surface area contributed by atoms with E-state index in [0.29, 0.717) is 11.8 Å². The number of H-pyrrole nitrogens is 1. The Balaban J connectivity index is 2.23. The van der Waals surface area contributed by atoms with E-state index in [0.717, 1.165) is 5.52 Å². The van der Waals surface area contributed by atoms with Gasteiger partial charge in [-0.1, -0.05) is 18.2 Å². The van der Waals surface area contributed by atoms with Crippen LogP contribution >= 0.6 is 0 Å². The molecule has 6 heteroatoms. The molecule has 0 spiro atoms. The van der Waals surface area contributed by atoms with Gasteiger partial charge in [0.05, 0.1) is 5.52 Å². The smallest absolute Gasteiger partial charge is 0.264 e. The highest BCUT2D eigenvalue weighted by Crippen LogP contribution is 2.35. The Morgan fingerprint density at radius 3 is 2.89 bits per heavy atom. The second-order valence-electron chi connectivity index (χ2n) is 3.79. The monoisotopic (exact) mass is 247 g/mol. The number of carbonyl (C=O) groups excluding carboxylic acids is 1. The molecule has 6 nitrogen and oxygen atoms in total. The van der Waals surface area contributed by atoms with Crippen molar-refractivity contribution in [1.82, 2.24) is 4.98 Å². The van der Waals surface area contributed by atoms with Crippen molar-refractivity contribution in [1.29, 1.82) is 0 Å². The molecule has 0 aliphatic carbocycles. The number of fused-ring (bicyclic) bond motifs is 1. The fourth-order valence-corrected chi connectivity index (χ4v) is 1.60. The van der Waals surface area contributed by atoms with E-state index in [1.54, 1.807) is 12.1 Å². The number of aromatic amines is 1. The first-order valence-electron chi connectivity index (χ1n) is 5.57. The first-order valence-corrected chi connectivity index (χ1v) is 5.57. The molecule has 0 aliphatic heterocycles. The summed E-state index contributed by atoms with van der Waals surface area (Å²) in [5, 5.41) is 26.2. The van der Waals surface area contributed by atoms with Crippen molar-refractivity contribution in [3.05, 3.63) is 24.3 Å². The number of aliphatic hydroxyl groups is 1. The van der Waals surface area contributed by atoms with Crippen LogP contribution in [-0.2, 0) is 4.79 Å². The van der Waals surface area contributed by atoms with Gasteiger partial charge in [-0.05, 0) is 12.5 Å². The van der Waals surface area contributed by atoms with Gasteiger partial charge >= 0.3 is 0 Å². The molecule has 0 atom stereocenters. The molecular weight excluding hydrogens is 234 g/mol. The number of aromatic hydroxyl groups is 1. The van der Waals surface area contributed by atoms with Crippen LogP contribution in [0.3, 0.4) is 0 Å². The molecule has 2 aromatic rings. The molecule has 1 heterocycles. The Hall–Kier alpha value is -2.21. The van der Waals surface area contributed by atoms with E-state index in [1.807, 2.05) is 12.1 Å². The van der Waals surface area contributed by atoms with Gasteiger partial charge in [0.1, 0.15) is 0 Å². The number of hydrogen-bond donors (Lipinski definition) is 3. The highest BCUT2D eigenvalue weighted by Gasteiger charge is 2.09. The molecular formula is C12H13N3O3. The molecule has 0 aliphatic rings. The van der Waals surface area contributed by atoms with Crippen LogP contribution in [0.4, 0.5) is 5.69 Å². The fraction of sp³-hybridized carbons (Fsp3) is 0.250. The Bertz CT molecular complexity index is 589. The first kappa shape index (κ1) is 12.3. The van der Waals surface area contributed by atoms with Gasteiger partial charge in [0.2, 0.25) is 5.88 Å². The van der Waals surface area contributed by atoms with Crippen molar-refractivity contribution < 1.29 is 15.0 Å². The summed E-state index contributed by atoms with van der Waals surface area (Å²) in [4.78, 5) is 14.0. The molecule has 3 N–H and O–H groups in total. The summed E-state index contributed by atoms with van der Waals surface area (Å²) in [5.74, 6) is -0.538. The molecule has 2 rings (SSSR count). The summed E-state index contributed by atoms with van der Waals surface area (Å²) in [6.07, 6.45) is 0.501. The third kappa shape index (κ3) is 2.54. The lowest BCUT2D eigenvalue weighted by atomic mass is 10.2. The van der Waals surface area contributed by atoms with Gasteiger partial charge < -0.3 is 15.2 Å². The van der Waals surface area contributed by atoms with Gasteiger partial charge in [-0.3, -0.25) is 4.79 Å². The van der Waals surface area contributed by atoms with Gasteiger partial charge in [-0.2, -0.15) is 0 Å². The van der Waals surface area contributed by atoms with Crippen LogP contribution in [0.5, 0.6) is 5.88 Å². The fourth-order valence-electron chi connectivity index (χ4n) is 1.60. The van der Waals surface area contributed by atoms with E-state index in [4.69, 9.17) is 5.11 Å². The number of nitrogens with zero attached hydrogens (tertiary/aromatic N) is 2. The maximum absolute atomic E-state index is 11.3. The first-order chi connectivity index (χ1) is 8.72. The molecule has 0 saturated heterocycles. The van der Waals surface area contributed by atoms with Crippen molar-refractivity contribution in [3.63, 3.8) is 0 Å². The molecule has 1 aromatic heterocycles. The number of para-hydroxylation sites is 1. The quantitative estimate of drug-likeness (QED) is 0.722. The molecule has 0 saturated carbocycles. The second-order valence-corrected chi connectivity index (χ2v) is 3.79. The van der Waals surface area contributed by atoms with Gasteiger partial charge in [-0.25, -0.2) is 0 Å². The largest absolute Gasteiger partial charge is 0.493 e. The molecule has 0 bridgehead atoms. The zero-order valence-corrected chi connectivity index (χ0v) is 9.63. The minimum Gasteiger partial charge on any atom is -0.493 e. The molecule has 0 fully saturated rings. The average Bonchev–Trinajstić information content (AvgIpc) is 2.69. The average molecular weight is 247 g/mol. The zero-order chi connectivity index (χ0) is 13.0. The topological polar surface area (TPSA) is 98.0 Å². The summed E-state index contributed by atoms with van der Waals surface area (Å²) in [5.41, 5.74) is 0.981. The van der Waals surface area contributed by atoms with Crippen LogP contribution in [0.2, 0.25) is 0 Å². The number of nitrogens with one attached hydrogen (secondary N) is 1. The van der Waals surface area contributed by atoms with Crippen molar-refractivity contribution in [3.8, 4) is 5.88 Å². The number of aromatic nitrogens is 1. The minimum atomic E-state index is -0.422. The lowest BCUT2D eigenvalue weighted by Crippen LogP contribution is -1.93. The van der Waals surface area contributed by atoms with Crippen molar-refractivity contribution in [2.24, 2.45) is 10.2 Å². The number of aliphatic hydroxyl groups excluding tert-OH is 1. The summed E-state index contributed by atoms with van der Waals surface area (Å²) >= 11 is 0. The molecule has 0 radical (unpaired) electrons. The van der Waals surface area contributed by atoms with Crippen molar-refractivity contribution >= 4 is 22.5 Å².